The predicted octanol–water partition coefficient (Wildman–Crippen LogP) is -0.812. The molecule has 1 aromatic rings. The van der Waals surface area contributed by atoms with E-state index in [0.717, 1.165) is 12.2 Å². The van der Waals surface area contributed by atoms with E-state index in [-0.39, 0.29) is 17.7 Å². The number of amides is 1. The number of aromatic nitrogens is 2. The zero-order chi connectivity index (χ0) is 15.9. The number of aliphatic carboxylic acids is 1. The van der Waals surface area contributed by atoms with E-state index in [1.807, 2.05) is 0 Å². The number of nitrogens with zero attached hydrogens (tertiary/aromatic N) is 3. The number of hydrogen-bond donors (Lipinski definition) is 3. The highest BCUT2D eigenvalue weighted by molar-refractivity contribution is 5.94. The number of carbonyl (C=O) groups excluding carboxylic acids is 1. The van der Waals surface area contributed by atoms with E-state index in [1.165, 1.54) is 4.90 Å². The second-order valence-electron chi connectivity index (χ2n) is 5.39. The number of hydrogen-bond acceptors (Lipinski definition) is 7. The van der Waals surface area contributed by atoms with Crippen molar-refractivity contribution in [3.8, 4) is 5.88 Å². The Labute approximate surface area is 125 Å². The van der Waals surface area contributed by atoms with Crippen LogP contribution in [0.2, 0.25) is 0 Å². The van der Waals surface area contributed by atoms with Gasteiger partial charge >= 0.3 is 5.97 Å². The van der Waals surface area contributed by atoms with Crippen LogP contribution in [-0.2, 0) is 16.0 Å². The van der Waals surface area contributed by atoms with Crippen LogP contribution in [0.25, 0.3) is 0 Å². The number of rotatable bonds is 2. The molecule has 2 aliphatic rings. The molecule has 1 aromatic heterocycles. The molecule has 0 aliphatic carbocycles. The summed E-state index contributed by atoms with van der Waals surface area (Å²) in [6.45, 7) is 0.811. The average molecular weight is 305 g/mol. The molecular weight excluding hydrogens is 290 g/mol. The fraction of sp³-hybridized carbons (Fsp3) is 0.385. The number of carboxylic acid groups (broad SMARTS) is 1. The van der Waals surface area contributed by atoms with Crippen LogP contribution in [0.3, 0.4) is 0 Å². The van der Waals surface area contributed by atoms with Gasteiger partial charge in [-0.25, -0.2) is 4.79 Å². The molecule has 116 valence electrons. The SMILES string of the molecule is Nc1nc(N)c2c(n1)OC1(CCN(C(=O)/C=C/C(=O)O)C1)C2. The van der Waals surface area contributed by atoms with Crippen LogP contribution in [0, 0.1) is 0 Å². The molecule has 9 nitrogen and oxygen atoms in total. The molecule has 1 unspecified atom stereocenters. The molecule has 1 spiro atoms. The van der Waals surface area contributed by atoms with Gasteiger partial charge in [0, 0.05) is 31.5 Å². The highest BCUT2D eigenvalue weighted by Gasteiger charge is 2.47. The van der Waals surface area contributed by atoms with Crippen LogP contribution in [-0.4, -0.2) is 50.5 Å². The topological polar surface area (TPSA) is 145 Å². The highest BCUT2D eigenvalue weighted by atomic mass is 16.5. The molecular formula is C13H15N5O4. The summed E-state index contributed by atoms with van der Waals surface area (Å²) in [7, 11) is 0. The Morgan fingerprint density at radius 2 is 2.09 bits per heavy atom. The summed E-state index contributed by atoms with van der Waals surface area (Å²) in [5, 5.41) is 8.56. The van der Waals surface area contributed by atoms with Gasteiger partial charge in [-0.3, -0.25) is 4.79 Å². The molecule has 1 atom stereocenters. The Morgan fingerprint density at radius 1 is 1.32 bits per heavy atom. The Kier molecular flexibility index (Phi) is 3.12. The number of fused-ring (bicyclic) bond motifs is 1. The molecule has 3 heterocycles. The summed E-state index contributed by atoms with van der Waals surface area (Å²) in [4.78, 5) is 31.9. The van der Waals surface area contributed by atoms with E-state index >= 15 is 0 Å². The number of carbonyl (C=O) groups is 2. The minimum Gasteiger partial charge on any atom is -0.478 e. The van der Waals surface area contributed by atoms with Crippen molar-refractivity contribution in [2.24, 2.45) is 0 Å². The molecule has 0 aromatic carbocycles. The number of ether oxygens (including phenoxy) is 1. The Hall–Kier alpha value is -2.84. The number of nitrogens with two attached hydrogens (primary N) is 2. The van der Waals surface area contributed by atoms with Crippen LogP contribution in [0.5, 0.6) is 5.88 Å². The number of likely N-dealkylation sites (tertiary alicyclic amines) is 1. The van der Waals surface area contributed by atoms with Crippen LogP contribution in [0.4, 0.5) is 11.8 Å². The molecule has 3 rings (SSSR count). The quantitative estimate of drug-likeness (QED) is 0.601. The van der Waals surface area contributed by atoms with Crippen molar-refractivity contribution >= 4 is 23.6 Å². The molecule has 1 saturated heterocycles. The maximum Gasteiger partial charge on any atom is 0.328 e. The minimum atomic E-state index is -1.16. The lowest BCUT2D eigenvalue weighted by molar-refractivity contribution is -0.132. The van der Waals surface area contributed by atoms with Crippen molar-refractivity contribution in [2.75, 3.05) is 24.6 Å². The first-order valence-corrected chi connectivity index (χ1v) is 6.69. The average Bonchev–Trinajstić information content (AvgIpc) is 3.00. The Balaban J connectivity index is 1.75. The Morgan fingerprint density at radius 3 is 2.82 bits per heavy atom. The minimum absolute atomic E-state index is 0.0450. The van der Waals surface area contributed by atoms with Gasteiger partial charge < -0.3 is 26.2 Å². The lowest BCUT2D eigenvalue weighted by atomic mass is 9.97. The van der Waals surface area contributed by atoms with Crippen molar-refractivity contribution in [1.29, 1.82) is 0 Å². The van der Waals surface area contributed by atoms with E-state index in [0.29, 0.717) is 37.4 Å². The summed E-state index contributed by atoms with van der Waals surface area (Å²) < 4.78 is 5.88. The third-order valence-electron chi connectivity index (χ3n) is 3.83. The van der Waals surface area contributed by atoms with Crippen molar-refractivity contribution in [1.82, 2.24) is 14.9 Å². The molecule has 9 heteroatoms. The van der Waals surface area contributed by atoms with Gasteiger partial charge in [-0.15, -0.1) is 0 Å². The van der Waals surface area contributed by atoms with E-state index in [2.05, 4.69) is 9.97 Å². The van der Waals surface area contributed by atoms with Crippen molar-refractivity contribution in [2.45, 2.75) is 18.4 Å². The summed E-state index contributed by atoms with van der Waals surface area (Å²) in [6, 6.07) is 0. The summed E-state index contributed by atoms with van der Waals surface area (Å²) in [6.07, 6.45) is 2.97. The standard InChI is InChI=1S/C13H15N5O4/c14-10-7-5-13(22-11(7)17-12(15)16-10)3-4-18(6-13)8(19)1-2-9(20)21/h1-2H,3-6H2,(H,20,21)(H4,14,15,16,17)/b2-1+. The third kappa shape index (κ3) is 2.41. The Bertz CT molecular complexity index is 689. The third-order valence-corrected chi connectivity index (χ3v) is 3.83. The number of carboxylic acids is 1. The molecule has 1 fully saturated rings. The molecule has 0 bridgehead atoms. The molecule has 1 amide bonds. The number of anilines is 2. The fourth-order valence-electron chi connectivity index (χ4n) is 2.82. The molecule has 0 saturated carbocycles. The van der Waals surface area contributed by atoms with E-state index < -0.39 is 11.6 Å². The van der Waals surface area contributed by atoms with E-state index in [1.54, 1.807) is 0 Å². The van der Waals surface area contributed by atoms with Gasteiger partial charge in [0.2, 0.25) is 17.7 Å². The maximum absolute atomic E-state index is 11.9. The van der Waals surface area contributed by atoms with Gasteiger partial charge in [-0.2, -0.15) is 9.97 Å². The fourth-order valence-corrected chi connectivity index (χ4v) is 2.82. The zero-order valence-electron chi connectivity index (χ0n) is 11.7. The van der Waals surface area contributed by atoms with Crippen LogP contribution in [0.1, 0.15) is 12.0 Å². The normalized spacial score (nSPS) is 23.0. The lowest BCUT2D eigenvalue weighted by Gasteiger charge is -2.22. The predicted molar refractivity (Wildman–Crippen MR) is 75.9 cm³/mol. The van der Waals surface area contributed by atoms with Gasteiger partial charge in [0.15, 0.2) is 0 Å². The number of nitrogen functional groups attached to an aromatic ring is 2. The van der Waals surface area contributed by atoms with Gasteiger partial charge in [0.05, 0.1) is 12.1 Å². The first-order chi connectivity index (χ1) is 10.4. The lowest BCUT2D eigenvalue weighted by Crippen LogP contribution is -2.39. The van der Waals surface area contributed by atoms with Gasteiger partial charge in [0.25, 0.3) is 0 Å². The highest BCUT2D eigenvalue weighted by Crippen LogP contribution is 2.41. The first kappa shape index (κ1) is 14.1. The molecule has 0 radical (unpaired) electrons. The summed E-state index contributed by atoms with van der Waals surface area (Å²) in [5.41, 5.74) is 11.5. The molecule has 5 N–H and O–H groups in total. The van der Waals surface area contributed by atoms with Crippen LogP contribution >= 0.6 is 0 Å². The van der Waals surface area contributed by atoms with Gasteiger partial charge in [-0.1, -0.05) is 0 Å². The van der Waals surface area contributed by atoms with E-state index in [4.69, 9.17) is 21.3 Å². The van der Waals surface area contributed by atoms with Crippen molar-refractivity contribution in [3.05, 3.63) is 17.7 Å². The largest absolute Gasteiger partial charge is 0.478 e. The van der Waals surface area contributed by atoms with Crippen molar-refractivity contribution in [3.63, 3.8) is 0 Å². The van der Waals surface area contributed by atoms with Gasteiger partial charge in [0.1, 0.15) is 11.4 Å². The smallest absolute Gasteiger partial charge is 0.328 e. The monoisotopic (exact) mass is 305 g/mol. The second-order valence-corrected chi connectivity index (χ2v) is 5.39. The first-order valence-electron chi connectivity index (χ1n) is 6.69. The van der Waals surface area contributed by atoms with Crippen molar-refractivity contribution < 1.29 is 19.4 Å². The zero-order valence-corrected chi connectivity index (χ0v) is 11.7. The van der Waals surface area contributed by atoms with Crippen LogP contribution < -0.4 is 16.2 Å². The van der Waals surface area contributed by atoms with E-state index in [9.17, 15) is 9.59 Å². The van der Waals surface area contributed by atoms with Gasteiger partial charge in [-0.05, 0) is 0 Å². The summed E-state index contributed by atoms with van der Waals surface area (Å²) >= 11 is 0. The molecule has 22 heavy (non-hydrogen) atoms. The van der Waals surface area contributed by atoms with Crippen LogP contribution in [0.15, 0.2) is 12.2 Å². The maximum atomic E-state index is 11.9. The molecule has 2 aliphatic heterocycles. The second kappa shape index (κ2) is 4.86. The summed E-state index contributed by atoms with van der Waals surface area (Å²) in [5.74, 6) is -0.832.